The normalized spacial score (nSPS) is 13.8. The second kappa shape index (κ2) is 7.65. The van der Waals surface area contributed by atoms with Gasteiger partial charge in [-0.2, -0.15) is 20.0 Å². The first-order valence-corrected chi connectivity index (χ1v) is 12.1. The molecular formula is C21H20N8O2S. The summed E-state index contributed by atoms with van der Waals surface area (Å²) in [5, 5.41) is 27.1. The molecule has 0 bridgehead atoms. The summed E-state index contributed by atoms with van der Waals surface area (Å²) < 4.78 is 25.7. The number of sulfone groups is 1. The summed E-state index contributed by atoms with van der Waals surface area (Å²) in [6, 6.07) is 9.85. The van der Waals surface area contributed by atoms with E-state index in [0.29, 0.717) is 34.3 Å². The van der Waals surface area contributed by atoms with Gasteiger partial charge in [0.2, 0.25) is 0 Å². The quantitative estimate of drug-likeness (QED) is 0.392. The Balaban J connectivity index is 1.54. The zero-order valence-electron chi connectivity index (χ0n) is 17.2. The maximum Gasteiger partial charge on any atom is 0.177 e. The lowest BCUT2D eigenvalue weighted by atomic mass is 10.0. The second-order valence-corrected chi connectivity index (χ2v) is 10.0. The van der Waals surface area contributed by atoms with Crippen molar-refractivity contribution in [1.29, 1.82) is 5.26 Å². The number of nitrogens with zero attached hydrogens (tertiary/aromatic N) is 5. The van der Waals surface area contributed by atoms with Crippen molar-refractivity contribution in [2.75, 3.05) is 16.9 Å². The minimum absolute atomic E-state index is 0.106. The van der Waals surface area contributed by atoms with E-state index >= 15 is 0 Å². The molecule has 32 heavy (non-hydrogen) atoms. The van der Waals surface area contributed by atoms with Crippen LogP contribution in [-0.4, -0.2) is 45.5 Å². The minimum Gasteiger partial charge on any atom is -0.367 e. The molecule has 5 rings (SSSR count). The van der Waals surface area contributed by atoms with Gasteiger partial charge >= 0.3 is 0 Å². The Morgan fingerprint density at radius 2 is 2.12 bits per heavy atom. The molecule has 1 aliphatic carbocycles. The van der Waals surface area contributed by atoms with Gasteiger partial charge < -0.3 is 10.6 Å². The SMILES string of the molecule is CS(=O)(=O)Cc1cc(Nc2cc(NC3CC3)n3ncc(C#N)c3n2)ccc1-c1cn[nH]c1. The lowest BCUT2D eigenvalue weighted by Crippen LogP contribution is -2.09. The van der Waals surface area contributed by atoms with Crippen LogP contribution in [0.4, 0.5) is 17.3 Å². The number of aromatic nitrogens is 5. The Morgan fingerprint density at radius 3 is 2.81 bits per heavy atom. The first-order chi connectivity index (χ1) is 15.4. The highest BCUT2D eigenvalue weighted by Gasteiger charge is 2.23. The first-order valence-electron chi connectivity index (χ1n) is 10.0. The summed E-state index contributed by atoms with van der Waals surface area (Å²) in [5.41, 5.74) is 3.76. The third kappa shape index (κ3) is 4.13. The molecule has 11 heteroatoms. The molecule has 0 saturated heterocycles. The highest BCUT2D eigenvalue weighted by atomic mass is 32.2. The van der Waals surface area contributed by atoms with E-state index in [9.17, 15) is 13.7 Å². The average molecular weight is 449 g/mol. The Hall–Kier alpha value is -3.91. The maximum absolute atomic E-state index is 12.0. The molecule has 3 N–H and O–H groups in total. The van der Waals surface area contributed by atoms with Gasteiger partial charge in [-0.25, -0.2) is 13.4 Å². The Kier molecular flexibility index (Phi) is 4.79. The van der Waals surface area contributed by atoms with Crippen molar-refractivity contribution in [3.05, 3.63) is 54.0 Å². The van der Waals surface area contributed by atoms with Gasteiger partial charge in [-0.15, -0.1) is 0 Å². The number of nitrogens with one attached hydrogen (secondary N) is 3. The summed E-state index contributed by atoms with van der Waals surface area (Å²) in [4.78, 5) is 4.56. The molecule has 3 aromatic heterocycles. The van der Waals surface area contributed by atoms with Crippen LogP contribution in [0.25, 0.3) is 16.8 Å². The van der Waals surface area contributed by atoms with Crippen LogP contribution in [0.1, 0.15) is 24.0 Å². The van der Waals surface area contributed by atoms with Crippen molar-refractivity contribution in [2.45, 2.75) is 24.6 Å². The highest BCUT2D eigenvalue weighted by Crippen LogP contribution is 2.30. The van der Waals surface area contributed by atoms with Gasteiger partial charge in [0.15, 0.2) is 15.5 Å². The molecule has 0 atom stereocenters. The monoisotopic (exact) mass is 448 g/mol. The molecule has 4 aromatic rings. The number of nitriles is 1. The predicted molar refractivity (Wildman–Crippen MR) is 120 cm³/mol. The van der Waals surface area contributed by atoms with Crippen LogP contribution in [0.3, 0.4) is 0 Å². The summed E-state index contributed by atoms with van der Waals surface area (Å²) in [5.74, 6) is 1.16. The summed E-state index contributed by atoms with van der Waals surface area (Å²) >= 11 is 0. The lowest BCUT2D eigenvalue weighted by Gasteiger charge is -2.14. The van der Waals surface area contributed by atoms with Crippen LogP contribution < -0.4 is 10.6 Å². The zero-order chi connectivity index (χ0) is 22.3. The van der Waals surface area contributed by atoms with E-state index in [1.165, 1.54) is 12.5 Å². The van der Waals surface area contributed by atoms with Crippen molar-refractivity contribution >= 4 is 32.8 Å². The molecule has 0 aliphatic heterocycles. The highest BCUT2D eigenvalue weighted by molar-refractivity contribution is 7.89. The van der Waals surface area contributed by atoms with Gasteiger partial charge in [0.1, 0.15) is 23.3 Å². The zero-order valence-corrected chi connectivity index (χ0v) is 18.0. The van der Waals surface area contributed by atoms with Crippen LogP contribution in [0.5, 0.6) is 0 Å². The van der Waals surface area contributed by atoms with Crippen LogP contribution in [0, 0.1) is 11.3 Å². The van der Waals surface area contributed by atoms with Crippen LogP contribution >= 0.6 is 0 Å². The van der Waals surface area contributed by atoms with E-state index in [-0.39, 0.29) is 5.75 Å². The predicted octanol–water partition coefficient (Wildman–Crippen LogP) is 2.85. The average Bonchev–Trinajstić information content (AvgIpc) is 3.22. The van der Waals surface area contributed by atoms with Gasteiger partial charge in [0.25, 0.3) is 0 Å². The van der Waals surface area contributed by atoms with Gasteiger partial charge in [-0.1, -0.05) is 6.07 Å². The lowest BCUT2D eigenvalue weighted by molar-refractivity contribution is 0.601. The summed E-state index contributed by atoms with van der Waals surface area (Å²) in [6.07, 6.45) is 8.26. The molecule has 0 amide bonds. The van der Waals surface area contributed by atoms with E-state index in [1.807, 2.05) is 18.2 Å². The number of hydrogen-bond donors (Lipinski definition) is 3. The molecule has 3 heterocycles. The number of H-pyrrole nitrogens is 1. The number of fused-ring (bicyclic) bond motifs is 1. The minimum atomic E-state index is -3.26. The third-order valence-corrected chi connectivity index (χ3v) is 5.96. The Labute approximate surface area is 184 Å². The molecule has 0 spiro atoms. The number of hydrogen-bond acceptors (Lipinski definition) is 8. The van der Waals surface area contributed by atoms with E-state index in [1.54, 1.807) is 23.0 Å². The molecule has 1 aliphatic rings. The molecule has 162 valence electrons. The van der Waals surface area contributed by atoms with Gasteiger partial charge in [-0.05, 0) is 36.1 Å². The summed E-state index contributed by atoms with van der Waals surface area (Å²) in [7, 11) is -3.26. The van der Waals surface area contributed by atoms with E-state index in [2.05, 4.69) is 37.0 Å². The molecule has 1 fully saturated rings. The number of benzene rings is 1. The van der Waals surface area contributed by atoms with Crippen LogP contribution in [-0.2, 0) is 15.6 Å². The maximum atomic E-state index is 12.0. The number of aromatic amines is 1. The fourth-order valence-electron chi connectivity index (χ4n) is 3.55. The van der Waals surface area contributed by atoms with Crippen molar-refractivity contribution in [3.8, 4) is 17.2 Å². The molecule has 0 unspecified atom stereocenters. The number of anilines is 3. The molecule has 10 nitrogen and oxygen atoms in total. The smallest absolute Gasteiger partial charge is 0.177 e. The van der Waals surface area contributed by atoms with Crippen LogP contribution in [0.2, 0.25) is 0 Å². The van der Waals surface area contributed by atoms with Crippen molar-refractivity contribution in [3.63, 3.8) is 0 Å². The molecular weight excluding hydrogens is 428 g/mol. The first kappa shape index (κ1) is 20.0. The third-order valence-electron chi connectivity index (χ3n) is 5.13. The largest absolute Gasteiger partial charge is 0.367 e. The van der Waals surface area contributed by atoms with Gasteiger partial charge in [0, 0.05) is 35.8 Å². The molecule has 1 aromatic carbocycles. The standard InChI is InChI=1S/C21H20N8O2S/c1-32(30,31)12-13-6-17(4-5-18(13)15-9-23-24-10-15)26-19-7-20(27-16-2-3-16)29-21(28-19)14(8-22)11-25-29/h4-7,9-11,16,27H,2-3,12H2,1H3,(H,23,24)(H,26,28). The van der Waals surface area contributed by atoms with E-state index in [4.69, 9.17) is 0 Å². The number of rotatable bonds is 7. The van der Waals surface area contributed by atoms with Gasteiger partial charge in [0.05, 0.1) is 18.1 Å². The van der Waals surface area contributed by atoms with Crippen molar-refractivity contribution in [2.24, 2.45) is 0 Å². The van der Waals surface area contributed by atoms with E-state index in [0.717, 1.165) is 29.8 Å². The summed E-state index contributed by atoms with van der Waals surface area (Å²) in [6.45, 7) is 0. The molecule has 1 saturated carbocycles. The Bertz CT molecular complexity index is 1450. The molecule has 0 radical (unpaired) electrons. The second-order valence-electron chi connectivity index (χ2n) is 7.90. The van der Waals surface area contributed by atoms with Crippen molar-refractivity contribution < 1.29 is 8.42 Å². The fraction of sp³-hybridized carbons (Fsp3) is 0.238. The fourth-order valence-corrected chi connectivity index (χ4v) is 4.35. The Morgan fingerprint density at radius 1 is 1.28 bits per heavy atom. The topological polar surface area (TPSA) is 141 Å². The van der Waals surface area contributed by atoms with E-state index < -0.39 is 9.84 Å². The van der Waals surface area contributed by atoms with Crippen LogP contribution in [0.15, 0.2) is 42.9 Å². The van der Waals surface area contributed by atoms with Gasteiger partial charge in [-0.3, -0.25) is 5.10 Å². The van der Waals surface area contributed by atoms with Crippen molar-refractivity contribution in [1.82, 2.24) is 24.8 Å².